The standard InChI is InChI=1S/C9H12N2O3/c1-13-9(12)7-4-10-8(11-7)6-2-3-14-5-6/h4,6H,2-3,5H2,1H3,(H,10,11). The number of hydrogen-bond acceptors (Lipinski definition) is 4. The quantitative estimate of drug-likeness (QED) is 0.707. The first kappa shape index (κ1) is 9.21. The fourth-order valence-electron chi connectivity index (χ4n) is 1.51. The Balaban J connectivity index is 2.12. The van der Waals surface area contributed by atoms with Crippen LogP contribution in [0, 0.1) is 0 Å². The van der Waals surface area contributed by atoms with Gasteiger partial charge in [-0.2, -0.15) is 0 Å². The van der Waals surface area contributed by atoms with Gasteiger partial charge in [0.25, 0.3) is 0 Å². The van der Waals surface area contributed by atoms with Crippen LogP contribution in [-0.4, -0.2) is 36.3 Å². The second-order valence-electron chi connectivity index (χ2n) is 3.23. The Labute approximate surface area is 81.4 Å². The number of hydrogen-bond donors (Lipinski definition) is 1. The van der Waals surface area contributed by atoms with E-state index in [-0.39, 0.29) is 11.9 Å². The van der Waals surface area contributed by atoms with Crippen LogP contribution in [0.2, 0.25) is 0 Å². The molecule has 0 spiro atoms. The molecule has 5 heteroatoms. The maximum atomic E-state index is 11.1. The van der Waals surface area contributed by atoms with Crippen molar-refractivity contribution in [3.05, 3.63) is 17.7 Å². The molecule has 0 saturated carbocycles. The van der Waals surface area contributed by atoms with Gasteiger partial charge in [-0.1, -0.05) is 0 Å². The lowest BCUT2D eigenvalue weighted by molar-refractivity contribution is 0.0594. The number of aromatic nitrogens is 2. The molecule has 1 aliphatic heterocycles. The number of carbonyl (C=O) groups is 1. The lowest BCUT2D eigenvalue weighted by Crippen LogP contribution is -2.03. The summed E-state index contributed by atoms with van der Waals surface area (Å²) >= 11 is 0. The molecule has 0 aromatic carbocycles. The second-order valence-corrected chi connectivity index (χ2v) is 3.23. The van der Waals surface area contributed by atoms with Crippen LogP contribution in [0.3, 0.4) is 0 Å². The van der Waals surface area contributed by atoms with E-state index in [2.05, 4.69) is 14.7 Å². The van der Waals surface area contributed by atoms with Crippen molar-refractivity contribution >= 4 is 5.97 Å². The number of nitrogens with zero attached hydrogens (tertiary/aromatic N) is 1. The molecule has 76 valence electrons. The van der Waals surface area contributed by atoms with Crippen LogP contribution in [-0.2, 0) is 9.47 Å². The van der Waals surface area contributed by atoms with E-state index in [1.165, 1.54) is 13.3 Å². The van der Waals surface area contributed by atoms with Gasteiger partial charge in [0.05, 0.1) is 19.9 Å². The normalized spacial score (nSPS) is 21.1. The second kappa shape index (κ2) is 3.79. The fourth-order valence-corrected chi connectivity index (χ4v) is 1.51. The van der Waals surface area contributed by atoms with E-state index < -0.39 is 0 Å². The summed E-state index contributed by atoms with van der Waals surface area (Å²) in [5, 5.41) is 0. The number of rotatable bonds is 2. The van der Waals surface area contributed by atoms with Gasteiger partial charge < -0.3 is 14.5 Å². The van der Waals surface area contributed by atoms with Crippen molar-refractivity contribution in [2.75, 3.05) is 20.3 Å². The molecule has 1 aliphatic rings. The number of esters is 1. The van der Waals surface area contributed by atoms with Gasteiger partial charge in [-0.05, 0) is 6.42 Å². The predicted octanol–water partition coefficient (Wildman–Crippen LogP) is 0.700. The van der Waals surface area contributed by atoms with E-state index >= 15 is 0 Å². The van der Waals surface area contributed by atoms with Crippen molar-refractivity contribution in [2.45, 2.75) is 12.3 Å². The van der Waals surface area contributed by atoms with Gasteiger partial charge in [-0.3, -0.25) is 0 Å². The lowest BCUT2D eigenvalue weighted by atomic mass is 10.1. The first-order valence-electron chi connectivity index (χ1n) is 4.52. The Morgan fingerprint density at radius 1 is 1.79 bits per heavy atom. The van der Waals surface area contributed by atoms with Crippen LogP contribution >= 0.6 is 0 Å². The smallest absolute Gasteiger partial charge is 0.356 e. The summed E-state index contributed by atoms with van der Waals surface area (Å²) in [6.07, 6.45) is 2.45. The molecule has 2 heterocycles. The summed E-state index contributed by atoms with van der Waals surface area (Å²) in [6, 6.07) is 0. The molecule has 1 unspecified atom stereocenters. The van der Waals surface area contributed by atoms with E-state index in [4.69, 9.17) is 4.74 Å². The molecule has 1 aromatic rings. The average Bonchev–Trinajstić information content (AvgIpc) is 2.86. The minimum atomic E-state index is -0.386. The first-order chi connectivity index (χ1) is 6.81. The molecule has 0 amide bonds. The topological polar surface area (TPSA) is 64.2 Å². The Morgan fingerprint density at radius 2 is 2.64 bits per heavy atom. The van der Waals surface area contributed by atoms with Crippen LogP contribution in [0.1, 0.15) is 28.7 Å². The highest BCUT2D eigenvalue weighted by Crippen LogP contribution is 2.22. The van der Waals surface area contributed by atoms with Gasteiger partial charge in [0, 0.05) is 12.5 Å². The van der Waals surface area contributed by atoms with Crippen LogP contribution in [0.5, 0.6) is 0 Å². The summed E-state index contributed by atoms with van der Waals surface area (Å²) in [5.74, 6) is 0.707. The number of ether oxygens (including phenoxy) is 2. The van der Waals surface area contributed by atoms with Crippen molar-refractivity contribution in [3.63, 3.8) is 0 Å². The van der Waals surface area contributed by atoms with Crippen LogP contribution in [0.25, 0.3) is 0 Å². The molecule has 2 rings (SSSR count). The lowest BCUT2D eigenvalue weighted by Gasteiger charge is -2.01. The largest absolute Gasteiger partial charge is 0.464 e. The van der Waals surface area contributed by atoms with Crippen molar-refractivity contribution < 1.29 is 14.3 Å². The molecular weight excluding hydrogens is 184 g/mol. The molecular formula is C9H12N2O3. The molecule has 1 aromatic heterocycles. The van der Waals surface area contributed by atoms with Crippen molar-refractivity contribution in [2.24, 2.45) is 0 Å². The number of H-pyrrole nitrogens is 1. The third-order valence-electron chi connectivity index (χ3n) is 2.32. The molecule has 0 radical (unpaired) electrons. The van der Waals surface area contributed by atoms with E-state index in [9.17, 15) is 4.79 Å². The summed E-state index contributed by atoms with van der Waals surface area (Å²) in [4.78, 5) is 18.2. The van der Waals surface area contributed by atoms with Crippen molar-refractivity contribution in [3.8, 4) is 0 Å². The summed E-state index contributed by atoms with van der Waals surface area (Å²) < 4.78 is 9.80. The maximum Gasteiger partial charge on any atom is 0.356 e. The van der Waals surface area contributed by atoms with Crippen LogP contribution in [0.4, 0.5) is 0 Å². The summed E-state index contributed by atoms with van der Waals surface area (Å²) in [5.41, 5.74) is 0.398. The highest BCUT2D eigenvalue weighted by atomic mass is 16.5. The van der Waals surface area contributed by atoms with Gasteiger partial charge in [0.15, 0.2) is 0 Å². The molecule has 0 bridgehead atoms. The summed E-state index contributed by atoms with van der Waals surface area (Å²) in [7, 11) is 1.35. The Morgan fingerprint density at radius 3 is 3.29 bits per heavy atom. The monoisotopic (exact) mass is 196 g/mol. The maximum absolute atomic E-state index is 11.1. The van der Waals surface area contributed by atoms with Gasteiger partial charge in [-0.15, -0.1) is 0 Å². The Bertz CT molecular complexity index is 329. The zero-order valence-electron chi connectivity index (χ0n) is 7.95. The number of carbonyl (C=O) groups excluding carboxylic acids is 1. The Kier molecular flexibility index (Phi) is 2.49. The molecule has 1 fully saturated rings. The number of imidazole rings is 1. The fraction of sp³-hybridized carbons (Fsp3) is 0.556. The molecule has 5 nitrogen and oxygen atoms in total. The molecule has 14 heavy (non-hydrogen) atoms. The zero-order chi connectivity index (χ0) is 9.97. The van der Waals surface area contributed by atoms with Crippen molar-refractivity contribution in [1.29, 1.82) is 0 Å². The van der Waals surface area contributed by atoms with Gasteiger partial charge in [0.2, 0.25) is 0 Å². The van der Waals surface area contributed by atoms with E-state index in [0.29, 0.717) is 12.3 Å². The minimum absolute atomic E-state index is 0.286. The van der Waals surface area contributed by atoms with Gasteiger partial charge >= 0.3 is 5.97 Å². The number of methoxy groups -OCH3 is 1. The molecule has 1 atom stereocenters. The third kappa shape index (κ3) is 1.63. The molecule has 1 N–H and O–H groups in total. The summed E-state index contributed by atoms with van der Waals surface area (Å²) in [6.45, 7) is 1.44. The number of nitrogens with one attached hydrogen (secondary N) is 1. The predicted molar refractivity (Wildman–Crippen MR) is 48.1 cm³/mol. The van der Waals surface area contributed by atoms with E-state index in [1.54, 1.807) is 0 Å². The van der Waals surface area contributed by atoms with Gasteiger partial charge in [-0.25, -0.2) is 9.78 Å². The SMILES string of the molecule is COC(=O)c1cnc(C2CCOC2)[nH]1. The van der Waals surface area contributed by atoms with E-state index in [1.807, 2.05) is 0 Å². The van der Waals surface area contributed by atoms with Crippen LogP contribution < -0.4 is 0 Å². The van der Waals surface area contributed by atoms with Crippen molar-refractivity contribution in [1.82, 2.24) is 9.97 Å². The zero-order valence-corrected chi connectivity index (χ0v) is 7.95. The molecule has 1 saturated heterocycles. The van der Waals surface area contributed by atoms with Gasteiger partial charge in [0.1, 0.15) is 11.5 Å². The molecule has 0 aliphatic carbocycles. The Hall–Kier alpha value is -1.36. The minimum Gasteiger partial charge on any atom is -0.464 e. The number of aromatic amines is 1. The van der Waals surface area contributed by atoms with E-state index in [0.717, 1.165) is 18.9 Å². The highest BCUT2D eigenvalue weighted by molar-refractivity contribution is 5.86. The first-order valence-corrected chi connectivity index (χ1v) is 4.52. The average molecular weight is 196 g/mol. The highest BCUT2D eigenvalue weighted by Gasteiger charge is 2.21. The third-order valence-corrected chi connectivity index (χ3v) is 2.32. The van der Waals surface area contributed by atoms with Crippen LogP contribution in [0.15, 0.2) is 6.20 Å².